The zero-order valence-electron chi connectivity index (χ0n) is 11.1. The first-order chi connectivity index (χ1) is 8.60. The number of hydrazine groups is 1. The lowest BCUT2D eigenvalue weighted by Crippen LogP contribution is -2.47. The lowest BCUT2D eigenvalue weighted by atomic mass is 10.1. The van der Waals surface area contributed by atoms with Crippen LogP contribution in [0.25, 0.3) is 0 Å². The lowest BCUT2D eigenvalue weighted by Gasteiger charge is -2.35. The van der Waals surface area contributed by atoms with E-state index in [0.29, 0.717) is 16.5 Å². The van der Waals surface area contributed by atoms with Crippen LogP contribution < -0.4 is 11.3 Å². The number of thiazole rings is 1. The molecule has 2 rings (SSSR count). The van der Waals surface area contributed by atoms with Crippen LogP contribution in [0.5, 0.6) is 0 Å². The third kappa shape index (κ3) is 3.63. The average Bonchev–Trinajstić information content (AvgIpc) is 2.75. The van der Waals surface area contributed by atoms with Gasteiger partial charge in [0.2, 0.25) is 0 Å². The number of aryl methyl sites for hydroxylation is 1. The molecule has 0 spiro atoms. The number of hydrogen-bond donors (Lipinski definition) is 2. The van der Waals surface area contributed by atoms with Gasteiger partial charge < -0.3 is 0 Å². The summed E-state index contributed by atoms with van der Waals surface area (Å²) in [5, 5.41) is 5.29. The molecule has 102 valence electrons. The molecule has 0 saturated carbocycles. The first-order valence-electron chi connectivity index (χ1n) is 6.24. The van der Waals surface area contributed by atoms with Gasteiger partial charge in [-0.3, -0.25) is 11.3 Å². The van der Waals surface area contributed by atoms with Crippen molar-refractivity contribution in [2.45, 2.75) is 49.0 Å². The van der Waals surface area contributed by atoms with E-state index >= 15 is 0 Å². The minimum Gasteiger partial charge on any atom is -0.271 e. The van der Waals surface area contributed by atoms with Crippen LogP contribution >= 0.6 is 34.9 Å². The maximum atomic E-state index is 5.74. The molecule has 4 unspecified atom stereocenters. The first kappa shape index (κ1) is 14.7. The normalized spacial score (nSPS) is 30.3. The molecule has 1 aliphatic heterocycles. The van der Waals surface area contributed by atoms with Crippen LogP contribution in [0.15, 0.2) is 5.38 Å². The highest BCUT2D eigenvalue weighted by Crippen LogP contribution is 2.37. The fourth-order valence-electron chi connectivity index (χ4n) is 2.04. The molecule has 1 aliphatic rings. The summed E-state index contributed by atoms with van der Waals surface area (Å²) >= 11 is 5.84. The zero-order chi connectivity index (χ0) is 13.1. The summed E-state index contributed by atoms with van der Waals surface area (Å²) in [6.45, 7) is 6.68. The van der Waals surface area contributed by atoms with Gasteiger partial charge in [0.25, 0.3) is 0 Å². The van der Waals surface area contributed by atoms with Crippen LogP contribution in [0.1, 0.15) is 24.5 Å². The largest absolute Gasteiger partial charge is 0.271 e. The lowest BCUT2D eigenvalue weighted by molar-refractivity contribution is 0.517. The Morgan fingerprint density at radius 3 is 2.83 bits per heavy atom. The summed E-state index contributed by atoms with van der Waals surface area (Å²) in [6, 6.07) is 0.318. The molecule has 3 N–H and O–H groups in total. The van der Waals surface area contributed by atoms with Gasteiger partial charge in [-0.1, -0.05) is 13.8 Å². The SMILES string of the molecule is Cc1nc(CC(NN)C2CSC(C)C(C)S2)cs1. The van der Waals surface area contributed by atoms with Gasteiger partial charge in [0.05, 0.1) is 10.7 Å². The Labute approximate surface area is 122 Å². The minimum absolute atomic E-state index is 0.318. The van der Waals surface area contributed by atoms with E-state index in [1.54, 1.807) is 11.3 Å². The molecule has 0 amide bonds. The van der Waals surface area contributed by atoms with Crippen LogP contribution in [0.3, 0.4) is 0 Å². The van der Waals surface area contributed by atoms with Gasteiger partial charge in [0.15, 0.2) is 0 Å². The molecule has 4 atom stereocenters. The van der Waals surface area contributed by atoms with Crippen molar-refractivity contribution in [1.29, 1.82) is 0 Å². The predicted molar refractivity (Wildman–Crippen MR) is 84.4 cm³/mol. The van der Waals surface area contributed by atoms with Crippen LogP contribution in [0.2, 0.25) is 0 Å². The second kappa shape index (κ2) is 6.61. The van der Waals surface area contributed by atoms with Gasteiger partial charge in [-0.2, -0.15) is 23.5 Å². The zero-order valence-corrected chi connectivity index (χ0v) is 13.5. The Hall–Kier alpha value is 0.250. The predicted octanol–water partition coefficient (Wildman–Crippen LogP) is 2.45. The quantitative estimate of drug-likeness (QED) is 0.661. The third-order valence-electron chi connectivity index (χ3n) is 3.33. The molecule has 0 bridgehead atoms. The maximum Gasteiger partial charge on any atom is 0.0897 e. The topological polar surface area (TPSA) is 50.9 Å². The number of thioether (sulfide) groups is 2. The van der Waals surface area contributed by atoms with Crippen molar-refractivity contribution in [3.8, 4) is 0 Å². The van der Waals surface area contributed by atoms with Gasteiger partial charge in [-0.15, -0.1) is 11.3 Å². The number of nitrogens with one attached hydrogen (secondary N) is 1. The van der Waals surface area contributed by atoms with Crippen molar-refractivity contribution in [3.63, 3.8) is 0 Å². The summed E-state index contributed by atoms with van der Waals surface area (Å²) in [5.74, 6) is 6.92. The van der Waals surface area contributed by atoms with Crippen molar-refractivity contribution >= 4 is 34.9 Å². The number of nitrogens with zero attached hydrogens (tertiary/aromatic N) is 1. The monoisotopic (exact) mass is 303 g/mol. The van der Waals surface area contributed by atoms with Crippen molar-refractivity contribution in [2.24, 2.45) is 5.84 Å². The molecule has 2 heterocycles. The number of aromatic nitrogens is 1. The van der Waals surface area contributed by atoms with Crippen molar-refractivity contribution in [3.05, 3.63) is 16.1 Å². The molecule has 1 saturated heterocycles. The molecular weight excluding hydrogens is 282 g/mol. The van der Waals surface area contributed by atoms with Gasteiger partial charge in [0.1, 0.15) is 0 Å². The Bertz CT molecular complexity index is 382. The molecular formula is C12H21N3S3. The molecule has 3 nitrogen and oxygen atoms in total. The van der Waals surface area contributed by atoms with Gasteiger partial charge >= 0.3 is 0 Å². The molecule has 0 radical (unpaired) electrons. The van der Waals surface area contributed by atoms with E-state index in [1.165, 1.54) is 5.75 Å². The molecule has 18 heavy (non-hydrogen) atoms. The Kier molecular flexibility index (Phi) is 5.38. The van der Waals surface area contributed by atoms with Gasteiger partial charge in [-0.25, -0.2) is 4.98 Å². The van der Waals surface area contributed by atoms with Crippen LogP contribution in [-0.2, 0) is 6.42 Å². The highest BCUT2D eigenvalue weighted by atomic mass is 32.2. The average molecular weight is 304 g/mol. The molecule has 1 fully saturated rings. The second-order valence-electron chi connectivity index (χ2n) is 4.75. The Morgan fingerprint density at radius 1 is 1.50 bits per heavy atom. The summed E-state index contributed by atoms with van der Waals surface area (Å²) in [7, 11) is 0. The van der Waals surface area contributed by atoms with Crippen LogP contribution in [0.4, 0.5) is 0 Å². The van der Waals surface area contributed by atoms with Crippen molar-refractivity contribution < 1.29 is 0 Å². The standard InChI is InChI=1S/C12H21N3S3/c1-7-8(2)18-12(6-16-7)11(15-13)4-10-5-17-9(3)14-10/h5,7-8,11-12,15H,4,6,13H2,1-3H3. The molecule has 1 aromatic heterocycles. The Morgan fingerprint density at radius 2 is 2.28 bits per heavy atom. The molecule has 6 heteroatoms. The fraction of sp³-hybridized carbons (Fsp3) is 0.750. The maximum absolute atomic E-state index is 5.74. The highest BCUT2D eigenvalue weighted by molar-refractivity contribution is 8.07. The van der Waals surface area contributed by atoms with E-state index in [0.717, 1.165) is 22.4 Å². The van der Waals surface area contributed by atoms with E-state index in [9.17, 15) is 0 Å². The van der Waals surface area contributed by atoms with Crippen molar-refractivity contribution in [1.82, 2.24) is 10.4 Å². The minimum atomic E-state index is 0.318. The molecule has 0 aromatic carbocycles. The van der Waals surface area contributed by atoms with Crippen molar-refractivity contribution in [2.75, 3.05) is 5.75 Å². The number of nitrogens with two attached hydrogens (primary N) is 1. The van der Waals surface area contributed by atoms with E-state index in [2.05, 4.69) is 53.2 Å². The summed E-state index contributed by atoms with van der Waals surface area (Å²) in [5.41, 5.74) is 4.16. The summed E-state index contributed by atoms with van der Waals surface area (Å²) in [6.07, 6.45) is 0.931. The number of hydrogen-bond acceptors (Lipinski definition) is 6. The van der Waals surface area contributed by atoms with Crippen LogP contribution in [-0.4, -0.2) is 32.5 Å². The van der Waals surface area contributed by atoms with Gasteiger partial charge in [-0.05, 0) is 6.92 Å². The second-order valence-corrected chi connectivity index (χ2v) is 8.85. The molecule has 1 aromatic rings. The van der Waals surface area contributed by atoms with E-state index < -0.39 is 0 Å². The van der Waals surface area contributed by atoms with E-state index in [-0.39, 0.29) is 0 Å². The number of rotatable bonds is 4. The first-order valence-corrected chi connectivity index (χ1v) is 9.11. The fourth-order valence-corrected chi connectivity index (χ4v) is 5.78. The molecule has 0 aliphatic carbocycles. The summed E-state index contributed by atoms with van der Waals surface area (Å²) in [4.78, 5) is 4.53. The smallest absolute Gasteiger partial charge is 0.0897 e. The highest BCUT2D eigenvalue weighted by Gasteiger charge is 2.31. The summed E-state index contributed by atoms with van der Waals surface area (Å²) < 4.78 is 0. The van der Waals surface area contributed by atoms with E-state index in [4.69, 9.17) is 5.84 Å². The van der Waals surface area contributed by atoms with Gasteiger partial charge in [0, 0.05) is 39.3 Å². The Balaban J connectivity index is 1.96. The third-order valence-corrected chi connectivity index (χ3v) is 7.71. The van der Waals surface area contributed by atoms with E-state index in [1.807, 2.05) is 6.92 Å². The van der Waals surface area contributed by atoms with Crippen LogP contribution in [0, 0.1) is 6.92 Å².